The van der Waals surface area contributed by atoms with E-state index in [0.29, 0.717) is 5.56 Å². The Labute approximate surface area is 151 Å². The van der Waals surface area contributed by atoms with Crippen LogP contribution in [0.3, 0.4) is 0 Å². The van der Waals surface area contributed by atoms with E-state index in [1.54, 1.807) is 42.5 Å². The lowest BCUT2D eigenvalue weighted by atomic mass is 10.2. The lowest BCUT2D eigenvalue weighted by Crippen LogP contribution is -2.38. The molecule has 24 heavy (non-hydrogen) atoms. The summed E-state index contributed by atoms with van der Waals surface area (Å²) in [5.41, 5.74) is 0.782. The molecule has 2 aromatic carbocycles. The standard InChI is InChI=1S/C16H16Cl2N2O3S/c1-24(22,23)20(14-9-5-8-13(17)15(14)18)11-10-19-16(21)12-6-3-2-4-7-12/h2-9H,10-11H2,1H3,(H,19,21). The van der Waals surface area contributed by atoms with Gasteiger partial charge < -0.3 is 5.32 Å². The van der Waals surface area contributed by atoms with Gasteiger partial charge in [0.2, 0.25) is 10.0 Å². The van der Waals surface area contributed by atoms with Crippen LogP contribution in [0.25, 0.3) is 0 Å². The number of benzene rings is 2. The quantitative estimate of drug-likeness (QED) is 0.828. The number of rotatable bonds is 6. The molecule has 128 valence electrons. The molecular formula is C16H16Cl2N2O3S. The van der Waals surface area contributed by atoms with E-state index in [0.717, 1.165) is 10.6 Å². The van der Waals surface area contributed by atoms with Gasteiger partial charge in [0.1, 0.15) is 0 Å². The number of nitrogens with zero attached hydrogens (tertiary/aromatic N) is 1. The van der Waals surface area contributed by atoms with Gasteiger partial charge in [-0.2, -0.15) is 0 Å². The Kier molecular flexibility index (Phi) is 6.10. The summed E-state index contributed by atoms with van der Waals surface area (Å²) in [7, 11) is -3.58. The van der Waals surface area contributed by atoms with Crippen molar-refractivity contribution in [1.82, 2.24) is 5.32 Å². The third kappa shape index (κ3) is 4.63. The van der Waals surface area contributed by atoms with Crippen molar-refractivity contribution in [3.63, 3.8) is 0 Å². The molecule has 0 unspecified atom stereocenters. The predicted molar refractivity (Wildman–Crippen MR) is 97.4 cm³/mol. The summed E-state index contributed by atoms with van der Waals surface area (Å²) in [5.74, 6) is -0.277. The first-order valence-electron chi connectivity index (χ1n) is 7.05. The molecule has 2 rings (SSSR count). The van der Waals surface area contributed by atoms with Crippen LogP contribution in [-0.4, -0.2) is 33.7 Å². The molecule has 0 aliphatic rings. The molecule has 0 aromatic heterocycles. The van der Waals surface area contributed by atoms with Crippen LogP contribution in [0, 0.1) is 0 Å². The Hall–Kier alpha value is -1.76. The molecule has 0 saturated heterocycles. The average molecular weight is 387 g/mol. The van der Waals surface area contributed by atoms with Crippen molar-refractivity contribution in [2.75, 3.05) is 23.7 Å². The van der Waals surface area contributed by atoms with Gasteiger partial charge in [-0.15, -0.1) is 0 Å². The fourth-order valence-electron chi connectivity index (χ4n) is 2.11. The van der Waals surface area contributed by atoms with E-state index in [-0.39, 0.29) is 34.7 Å². The Bertz CT molecular complexity index is 826. The maximum atomic E-state index is 12.1. The van der Waals surface area contributed by atoms with Crippen molar-refractivity contribution in [2.24, 2.45) is 0 Å². The molecule has 8 heteroatoms. The Balaban J connectivity index is 2.11. The summed E-state index contributed by atoms with van der Waals surface area (Å²) in [4.78, 5) is 12.0. The van der Waals surface area contributed by atoms with Crippen LogP contribution in [0.5, 0.6) is 0 Å². The molecule has 1 N–H and O–H groups in total. The van der Waals surface area contributed by atoms with Crippen molar-refractivity contribution in [3.8, 4) is 0 Å². The SMILES string of the molecule is CS(=O)(=O)N(CCNC(=O)c1ccccc1)c1cccc(Cl)c1Cl. The fraction of sp³-hybridized carbons (Fsp3) is 0.188. The van der Waals surface area contributed by atoms with Gasteiger partial charge in [0.05, 0.1) is 28.5 Å². The highest BCUT2D eigenvalue weighted by Crippen LogP contribution is 2.33. The molecule has 1 amide bonds. The largest absolute Gasteiger partial charge is 0.350 e. The van der Waals surface area contributed by atoms with Gasteiger partial charge in [-0.3, -0.25) is 9.10 Å². The Morgan fingerprint density at radius 1 is 1.08 bits per heavy atom. The minimum atomic E-state index is -3.58. The fourth-order valence-corrected chi connectivity index (χ4v) is 3.49. The van der Waals surface area contributed by atoms with Crippen LogP contribution in [0.15, 0.2) is 48.5 Å². The number of hydrogen-bond acceptors (Lipinski definition) is 3. The zero-order valence-electron chi connectivity index (χ0n) is 12.9. The number of nitrogens with one attached hydrogen (secondary N) is 1. The highest BCUT2D eigenvalue weighted by molar-refractivity contribution is 7.92. The van der Waals surface area contributed by atoms with Gasteiger partial charge >= 0.3 is 0 Å². The lowest BCUT2D eigenvalue weighted by Gasteiger charge is -2.24. The highest BCUT2D eigenvalue weighted by Gasteiger charge is 2.21. The number of amides is 1. The summed E-state index contributed by atoms with van der Waals surface area (Å²) in [5, 5.41) is 3.10. The van der Waals surface area contributed by atoms with Crippen molar-refractivity contribution >= 4 is 44.8 Å². The van der Waals surface area contributed by atoms with Crippen LogP contribution in [0.1, 0.15) is 10.4 Å². The molecule has 2 aromatic rings. The topological polar surface area (TPSA) is 66.5 Å². The average Bonchev–Trinajstić information content (AvgIpc) is 2.54. The number of carbonyl (C=O) groups is 1. The van der Waals surface area contributed by atoms with Crippen LogP contribution in [0.2, 0.25) is 10.0 Å². The molecule has 0 radical (unpaired) electrons. The maximum Gasteiger partial charge on any atom is 0.251 e. The van der Waals surface area contributed by atoms with E-state index < -0.39 is 10.0 Å². The summed E-state index contributed by atoms with van der Waals surface area (Å²) >= 11 is 12.1. The summed E-state index contributed by atoms with van der Waals surface area (Å²) in [6.07, 6.45) is 1.07. The van der Waals surface area contributed by atoms with Crippen LogP contribution >= 0.6 is 23.2 Å². The summed E-state index contributed by atoms with van der Waals surface area (Å²) in [6, 6.07) is 13.4. The van der Waals surface area contributed by atoms with Crippen molar-refractivity contribution < 1.29 is 13.2 Å². The second-order valence-electron chi connectivity index (χ2n) is 5.03. The zero-order chi connectivity index (χ0) is 17.7. The first kappa shape index (κ1) is 18.6. The molecule has 0 aliphatic heterocycles. The number of carbonyl (C=O) groups excluding carboxylic acids is 1. The van der Waals surface area contributed by atoms with Gasteiger partial charge in [0.15, 0.2) is 0 Å². The third-order valence-electron chi connectivity index (χ3n) is 3.24. The van der Waals surface area contributed by atoms with E-state index in [1.807, 2.05) is 6.07 Å². The third-order valence-corrected chi connectivity index (χ3v) is 5.23. The smallest absolute Gasteiger partial charge is 0.251 e. The summed E-state index contributed by atoms with van der Waals surface area (Å²) in [6.45, 7) is 0.168. The monoisotopic (exact) mass is 386 g/mol. The van der Waals surface area contributed by atoms with Crippen LogP contribution in [-0.2, 0) is 10.0 Å². The minimum absolute atomic E-state index is 0.0392. The van der Waals surface area contributed by atoms with Crippen LogP contribution < -0.4 is 9.62 Å². The van der Waals surface area contributed by atoms with E-state index >= 15 is 0 Å². The van der Waals surface area contributed by atoms with E-state index in [2.05, 4.69) is 5.32 Å². The van der Waals surface area contributed by atoms with E-state index in [1.165, 1.54) is 0 Å². The van der Waals surface area contributed by atoms with Gasteiger partial charge in [-0.05, 0) is 24.3 Å². The number of halogens is 2. The molecule has 0 spiro atoms. The van der Waals surface area contributed by atoms with Gasteiger partial charge in [0, 0.05) is 12.1 Å². The maximum absolute atomic E-state index is 12.1. The highest BCUT2D eigenvalue weighted by atomic mass is 35.5. The lowest BCUT2D eigenvalue weighted by molar-refractivity contribution is 0.0955. The number of sulfonamides is 1. The first-order valence-corrected chi connectivity index (χ1v) is 9.66. The van der Waals surface area contributed by atoms with Crippen molar-refractivity contribution in [3.05, 3.63) is 64.1 Å². The minimum Gasteiger partial charge on any atom is -0.350 e. The molecule has 0 bridgehead atoms. The van der Waals surface area contributed by atoms with Crippen LogP contribution in [0.4, 0.5) is 5.69 Å². The summed E-state index contributed by atoms with van der Waals surface area (Å²) < 4.78 is 25.2. The first-order chi connectivity index (χ1) is 11.3. The molecule has 0 aliphatic carbocycles. The predicted octanol–water partition coefficient (Wildman–Crippen LogP) is 3.19. The van der Waals surface area contributed by atoms with Crippen molar-refractivity contribution in [2.45, 2.75) is 0 Å². The van der Waals surface area contributed by atoms with Gasteiger partial charge in [-0.25, -0.2) is 8.42 Å². The van der Waals surface area contributed by atoms with E-state index in [9.17, 15) is 13.2 Å². The van der Waals surface area contributed by atoms with E-state index in [4.69, 9.17) is 23.2 Å². The zero-order valence-corrected chi connectivity index (χ0v) is 15.2. The Morgan fingerprint density at radius 3 is 2.38 bits per heavy atom. The molecule has 0 atom stereocenters. The molecule has 0 saturated carbocycles. The number of hydrogen-bond donors (Lipinski definition) is 1. The number of anilines is 1. The molecule has 0 fully saturated rings. The normalized spacial score (nSPS) is 11.1. The Morgan fingerprint density at radius 2 is 1.75 bits per heavy atom. The molecule has 5 nitrogen and oxygen atoms in total. The second kappa shape index (κ2) is 7.88. The second-order valence-corrected chi connectivity index (χ2v) is 7.72. The molecular weight excluding hydrogens is 371 g/mol. The molecule has 0 heterocycles. The van der Waals surface area contributed by atoms with Gasteiger partial charge in [-0.1, -0.05) is 47.5 Å². The van der Waals surface area contributed by atoms with Gasteiger partial charge in [0.25, 0.3) is 5.91 Å². The van der Waals surface area contributed by atoms with Crippen molar-refractivity contribution in [1.29, 1.82) is 0 Å².